The smallest absolute Gasteiger partial charge is 0.340 e. The van der Waals surface area contributed by atoms with Gasteiger partial charge in [-0.05, 0) is 91.4 Å². The van der Waals surface area contributed by atoms with E-state index in [1.165, 1.54) is 19.2 Å². The maximum atomic E-state index is 12.6. The third-order valence-electron chi connectivity index (χ3n) is 4.47. The molecule has 33 heavy (non-hydrogen) atoms. The lowest BCUT2D eigenvalue weighted by atomic mass is 10.0. The van der Waals surface area contributed by atoms with Gasteiger partial charge in [-0.2, -0.15) is 8.42 Å². The molecule has 0 radical (unpaired) electrons. The fraction of sp³-hybridized carbons (Fsp3) is 0.143. The number of halogens is 3. The summed E-state index contributed by atoms with van der Waals surface area (Å²) in [7, 11) is -2.94. The first-order valence-electron chi connectivity index (χ1n) is 9.11. The zero-order valence-electron chi connectivity index (χ0n) is 16.8. The first-order valence-corrected chi connectivity index (χ1v) is 13.8. The van der Waals surface area contributed by atoms with E-state index in [9.17, 15) is 22.6 Å². The van der Waals surface area contributed by atoms with Crippen LogP contribution < -0.4 is 4.74 Å². The Balaban J connectivity index is 1.70. The molecule has 0 bridgehead atoms. The SMILES string of the molecule is COc1c(I)cc(I)c(C(=O)OCCOC(=O)c2ccc(S(=O)(=O)O)c3ccccc23)c1I. The second kappa shape index (κ2) is 11.0. The molecule has 0 aliphatic carbocycles. The van der Waals surface area contributed by atoms with Gasteiger partial charge < -0.3 is 14.2 Å². The first-order chi connectivity index (χ1) is 15.6. The number of hydrogen-bond acceptors (Lipinski definition) is 7. The Morgan fingerprint density at radius 1 is 0.909 bits per heavy atom. The molecule has 0 heterocycles. The van der Waals surface area contributed by atoms with E-state index >= 15 is 0 Å². The highest BCUT2D eigenvalue weighted by molar-refractivity contribution is 14.1. The van der Waals surface area contributed by atoms with Crippen molar-refractivity contribution in [3.05, 3.63) is 64.3 Å². The molecule has 0 unspecified atom stereocenters. The van der Waals surface area contributed by atoms with Crippen LogP contribution >= 0.6 is 67.8 Å². The molecular weight excluding hydrogens is 793 g/mol. The van der Waals surface area contributed by atoms with Crippen molar-refractivity contribution in [1.29, 1.82) is 0 Å². The van der Waals surface area contributed by atoms with Crippen LogP contribution in [0, 0.1) is 10.7 Å². The number of esters is 2. The van der Waals surface area contributed by atoms with Gasteiger partial charge in [-0.25, -0.2) is 9.59 Å². The van der Waals surface area contributed by atoms with Gasteiger partial charge in [0.25, 0.3) is 10.1 Å². The predicted octanol–water partition coefficient (Wildman–Crippen LogP) is 4.92. The average molecular weight is 808 g/mol. The molecule has 0 amide bonds. The number of carbonyl (C=O) groups excluding carboxylic acids is 2. The van der Waals surface area contributed by atoms with E-state index in [0.29, 0.717) is 23.8 Å². The lowest BCUT2D eigenvalue weighted by Gasteiger charge is -2.13. The molecule has 8 nitrogen and oxygen atoms in total. The topological polar surface area (TPSA) is 116 Å². The Kier molecular flexibility index (Phi) is 8.79. The highest BCUT2D eigenvalue weighted by atomic mass is 127. The summed E-state index contributed by atoms with van der Waals surface area (Å²) < 4.78 is 50.7. The van der Waals surface area contributed by atoms with Crippen LogP contribution in [0.5, 0.6) is 5.75 Å². The summed E-state index contributed by atoms with van der Waals surface area (Å²) in [6.07, 6.45) is 0. The minimum Gasteiger partial charge on any atom is -0.495 e. The molecule has 0 aromatic heterocycles. The molecule has 12 heteroatoms. The van der Waals surface area contributed by atoms with Crippen LogP contribution in [-0.2, 0) is 19.6 Å². The highest BCUT2D eigenvalue weighted by Crippen LogP contribution is 2.33. The third-order valence-corrected chi connectivity index (χ3v) is 8.06. The summed E-state index contributed by atoms with van der Waals surface area (Å²) in [5.74, 6) is -0.711. The maximum absolute atomic E-state index is 12.6. The normalized spacial score (nSPS) is 11.3. The van der Waals surface area contributed by atoms with Crippen molar-refractivity contribution in [2.45, 2.75) is 4.90 Å². The molecule has 3 rings (SSSR count). The van der Waals surface area contributed by atoms with Gasteiger partial charge >= 0.3 is 11.9 Å². The van der Waals surface area contributed by atoms with Crippen LogP contribution in [0.2, 0.25) is 0 Å². The standard InChI is InChI=1S/C21H15I3O8S/c1-30-19-15(23)10-14(22)17(18(19)24)21(26)32-9-8-31-20(25)13-6-7-16(33(27,28)29)12-5-3-2-4-11(12)13/h2-7,10H,8-9H2,1H3,(H,27,28,29). The highest BCUT2D eigenvalue weighted by Gasteiger charge is 2.22. The van der Waals surface area contributed by atoms with E-state index in [1.54, 1.807) is 24.3 Å². The second-order valence-electron chi connectivity index (χ2n) is 6.47. The van der Waals surface area contributed by atoms with Gasteiger partial charge in [0.05, 0.1) is 25.4 Å². The van der Waals surface area contributed by atoms with Crippen LogP contribution in [0.4, 0.5) is 0 Å². The zero-order chi connectivity index (χ0) is 24.3. The van der Waals surface area contributed by atoms with Crippen molar-refractivity contribution in [2.75, 3.05) is 20.3 Å². The van der Waals surface area contributed by atoms with E-state index in [1.807, 2.05) is 45.2 Å². The molecule has 0 saturated heterocycles. The Bertz CT molecular complexity index is 1360. The third kappa shape index (κ3) is 5.88. The number of fused-ring (bicyclic) bond motifs is 1. The van der Waals surface area contributed by atoms with Crippen molar-refractivity contribution in [1.82, 2.24) is 0 Å². The lowest BCUT2D eigenvalue weighted by Crippen LogP contribution is -2.16. The second-order valence-corrected chi connectivity index (χ2v) is 11.3. The first kappa shape index (κ1) is 26.4. The molecule has 174 valence electrons. The number of hydrogen-bond donors (Lipinski definition) is 1. The minimum absolute atomic E-state index is 0.121. The number of carbonyl (C=O) groups is 2. The molecule has 1 N–H and O–H groups in total. The summed E-state index contributed by atoms with van der Waals surface area (Å²) >= 11 is 6.18. The molecular formula is C21H15I3O8S. The van der Waals surface area contributed by atoms with Crippen LogP contribution in [0.3, 0.4) is 0 Å². The van der Waals surface area contributed by atoms with Crippen LogP contribution in [0.15, 0.2) is 47.4 Å². The van der Waals surface area contributed by atoms with Crippen molar-refractivity contribution >= 4 is 101 Å². The van der Waals surface area contributed by atoms with E-state index in [4.69, 9.17) is 14.2 Å². The fourth-order valence-corrected chi connectivity index (χ4v) is 7.99. The Morgan fingerprint density at radius 2 is 1.52 bits per heavy atom. The van der Waals surface area contributed by atoms with Gasteiger partial charge in [0.15, 0.2) is 0 Å². The minimum atomic E-state index is -4.46. The number of ether oxygens (including phenoxy) is 3. The maximum Gasteiger partial charge on any atom is 0.340 e. The summed E-state index contributed by atoms with van der Waals surface area (Å²) in [5.41, 5.74) is 0.488. The Labute approximate surface area is 230 Å². The van der Waals surface area contributed by atoms with Gasteiger partial charge in [0, 0.05) is 8.96 Å². The number of methoxy groups -OCH3 is 1. The zero-order valence-corrected chi connectivity index (χ0v) is 24.1. The van der Waals surface area contributed by atoms with Crippen molar-refractivity contribution in [3.8, 4) is 5.75 Å². The van der Waals surface area contributed by atoms with Crippen molar-refractivity contribution < 1.29 is 36.8 Å². The summed E-state index contributed by atoms with van der Waals surface area (Å²) in [5, 5.41) is 0.502. The number of rotatable bonds is 7. The monoisotopic (exact) mass is 808 g/mol. The van der Waals surface area contributed by atoms with E-state index < -0.39 is 22.1 Å². The quantitative estimate of drug-likeness (QED) is 0.155. The average Bonchev–Trinajstić information content (AvgIpc) is 2.75. The molecule has 0 aliphatic heterocycles. The predicted molar refractivity (Wildman–Crippen MR) is 145 cm³/mol. The summed E-state index contributed by atoms with van der Waals surface area (Å²) in [4.78, 5) is 24.8. The molecule has 0 spiro atoms. The largest absolute Gasteiger partial charge is 0.495 e. The van der Waals surface area contributed by atoms with Crippen LogP contribution in [0.1, 0.15) is 20.7 Å². The molecule has 3 aromatic rings. The van der Waals surface area contributed by atoms with Crippen LogP contribution in [0.25, 0.3) is 10.8 Å². The van der Waals surface area contributed by atoms with E-state index in [0.717, 1.165) is 9.64 Å². The Hall–Kier alpha value is -1.24. The Morgan fingerprint density at radius 3 is 2.12 bits per heavy atom. The van der Waals surface area contributed by atoms with Gasteiger partial charge in [-0.1, -0.05) is 24.3 Å². The fourth-order valence-electron chi connectivity index (χ4n) is 3.04. The number of benzene rings is 3. The lowest BCUT2D eigenvalue weighted by molar-refractivity contribution is 0.0265. The van der Waals surface area contributed by atoms with E-state index in [2.05, 4.69) is 22.6 Å². The molecule has 0 atom stereocenters. The van der Waals surface area contributed by atoms with Gasteiger partial charge in [0.1, 0.15) is 23.9 Å². The summed E-state index contributed by atoms with van der Waals surface area (Å²) in [6, 6.07) is 10.5. The van der Waals surface area contributed by atoms with Gasteiger partial charge in [-0.3, -0.25) is 4.55 Å². The van der Waals surface area contributed by atoms with Gasteiger partial charge in [-0.15, -0.1) is 0 Å². The van der Waals surface area contributed by atoms with Crippen molar-refractivity contribution in [2.24, 2.45) is 0 Å². The summed E-state index contributed by atoms with van der Waals surface area (Å²) in [6.45, 7) is -0.375. The molecule has 0 saturated carbocycles. The van der Waals surface area contributed by atoms with Crippen molar-refractivity contribution in [3.63, 3.8) is 0 Å². The molecule has 0 fully saturated rings. The molecule has 3 aromatic carbocycles. The molecule has 0 aliphatic rings. The van der Waals surface area contributed by atoms with Gasteiger partial charge in [0.2, 0.25) is 0 Å². The van der Waals surface area contributed by atoms with Crippen LogP contribution in [-0.4, -0.2) is 45.2 Å². The van der Waals surface area contributed by atoms with E-state index in [-0.39, 0.29) is 29.1 Å².